The van der Waals surface area contributed by atoms with Crippen molar-refractivity contribution >= 4 is 64.3 Å². The van der Waals surface area contributed by atoms with Gasteiger partial charge in [-0.05, 0) is 264 Å². The zero-order chi connectivity index (χ0) is 86.8. The number of aromatic carboxylic acids is 2. The van der Waals surface area contributed by atoms with Gasteiger partial charge < -0.3 is 62.7 Å². The number of carboxylic acids is 2. The van der Waals surface area contributed by atoms with Crippen molar-refractivity contribution in [2.45, 2.75) is 196 Å². The number of aromatic nitrogens is 9. The lowest BCUT2D eigenvalue weighted by atomic mass is 9.82. The lowest BCUT2D eigenvalue weighted by Crippen LogP contribution is -2.26. The molecular weight excluding hydrogens is 1700 g/mol. The highest BCUT2D eigenvalue weighted by atomic mass is 35.5. The number of carboxylic acid groups (broad SMARTS) is 2. The van der Waals surface area contributed by atoms with Gasteiger partial charge in [0.25, 0.3) is 5.88 Å². The molecule has 41 heteroatoms. The number of rotatable bonds is 24. The smallest absolute Gasteiger partial charge is 0.497 e. The number of esters is 1. The summed E-state index contributed by atoms with van der Waals surface area (Å²) in [4.78, 5) is 35.3. The lowest BCUT2D eigenvalue weighted by Gasteiger charge is -2.30. The van der Waals surface area contributed by atoms with E-state index in [-0.39, 0.29) is 119 Å². The molecular formula is C79H79Cl4F12N9O16. The number of aliphatic hydroxyl groups is 1. The molecule has 0 unspecified atom stereocenters. The number of ether oxygens (including phenoxy) is 10. The molecule has 25 nitrogen and oxygen atoms in total. The first-order valence-electron chi connectivity index (χ1n) is 37.4. The van der Waals surface area contributed by atoms with Crippen LogP contribution in [-0.4, -0.2) is 149 Å². The molecule has 3 aromatic heterocycles. The van der Waals surface area contributed by atoms with Crippen molar-refractivity contribution in [1.29, 1.82) is 0 Å². The minimum atomic E-state index is -4.79. The van der Waals surface area contributed by atoms with E-state index in [1.54, 1.807) is 33.3 Å². The van der Waals surface area contributed by atoms with Gasteiger partial charge in [-0.25, -0.2) is 28.8 Å². The molecule has 4 aliphatic carbocycles. The number of carbonyl (C=O) groups is 3. The standard InChI is InChI=1S/C26H27ClF3N3O5.C24H23ClF3N3O5.C16H15ClF3N3O4.C13H14ClF3O2/c1-3-36-25(34)23-24(33(32-31-23)15-16-4-8-18(35-2)9-5-16)37-19-10-6-17(7-11-19)21-14-20(12-13-22(21)27)38-26(28,29)30;1-34-16-6-2-14(3-7-16)13-31-22(21(23(32)33)29-30-31)35-17-8-4-15(5-9-17)19-12-18(10-11-20(19)25)36-24(26,27)28;17-12-6-5-10(27-16(18,19)20)7-11(12)8-1-3-9(4-2-8)26-14-13(15(24)25)21-23-22-14;14-12-6-5-10(19-13(15,16)17)7-11(12)8-1-3-9(18)4-2-8/h4-5,8-9,12-14,17,19H,3,6-7,10-11,15H2,1-2H3;2-3,6-7,10-12,15,17H,4-5,8-9,13H2,1H3,(H,32,33);5-9H,1-4H2,(H,24,25)(H,21,22,23);5-9,18H,1-4H2. The molecule has 13 rings (SSSR count). The molecule has 4 saturated carbocycles. The molecule has 0 atom stereocenters. The van der Waals surface area contributed by atoms with Crippen LogP contribution in [0.15, 0.2) is 121 Å². The molecule has 4 fully saturated rings. The maximum Gasteiger partial charge on any atom is 0.573 e. The Morgan fingerprint density at radius 2 is 0.733 bits per heavy atom. The second-order valence-electron chi connectivity index (χ2n) is 28.0. The Bertz CT molecular complexity index is 4880. The molecule has 0 saturated heterocycles. The van der Waals surface area contributed by atoms with Crippen LogP contribution in [-0.2, 0) is 17.8 Å². The first kappa shape index (κ1) is 91.9. The van der Waals surface area contributed by atoms with Crippen molar-refractivity contribution in [3.8, 4) is 52.1 Å². The summed E-state index contributed by atoms with van der Waals surface area (Å²) in [5.74, 6) is -2.84. The molecule has 120 heavy (non-hydrogen) atoms. The third-order valence-corrected chi connectivity index (χ3v) is 21.3. The number of carbonyl (C=O) groups excluding carboxylic acids is 1. The normalized spacial score (nSPS) is 19.4. The van der Waals surface area contributed by atoms with E-state index >= 15 is 0 Å². The van der Waals surface area contributed by atoms with E-state index in [0.29, 0.717) is 150 Å². The van der Waals surface area contributed by atoms with Gasteiger partial charge in [-0.15, -0.1) is 62.9 Å². The highest BCUT2D eigenvalue weighted by Gasteiger charge is 2.38. The highest BCUT2D eigenvalue weighted by Crippen LogP contribution is 2.45. The Kier molecular flexibility index (Phi) is 31.6. The highest BCUT2D eigenvalue weighted by molar-refractivity contribution is 6.32. The van der Waals surface area contributed by atoms with Crippen LogP contribution in [0.2, 0.25) is 20.1 Å². The van der Waals surface area contributed by atoms with Crippen LogP contribution in [0.5, 0.6) is 52.1 Å². The second-order valence-corrected chi connectivity index (χ2v) is 29.7. The van der Waals surface area contributed by atoms with Crippen molar-refractivity contribution in [3.05, 3.63) is 192 Å². The summed E-state index contributed by atoms with van der Waals surface area (Å²) in [6.45, 7) is 2.42. The number of nitrogens with one attached hydrogen (secondary N) is 1. The van der Waals surface area contributed by atoms with Gasteiger partial charge in [0.2, 0.25) is 28.8 Å². The van der Waals surface area contributed by atoms with Gasteiger partial charge in [0.05, 0.1) is 40.0 Å². The molecule has 0 aliphatic heterocycles. The van der Waals surface area contributed by atoms with E-state index in [2.05, 4.69) is 55.0 Å². The number of methoxy groups -OCH3 is 2. The van der Waals surface area contributed by atoms with Crippen LogP contribution in [0.3, 0.4) is 0 Å². The fourth-order valence-electron chi connectivity index (χ4n) is 14.2. The first-order valence-corrected chi connectivity index (χ1v) is 38.9. The van der Waals surface area contributed by atoms with Crippen LogP contribution in [0, 0.1) is 0 Å². The van der Waals surface area contributed by atoms with E-state index in [1.807, 2.05) is 36.4 Å². The van der Waals surface area contributed by atoms with Gasteiger partial charge in [-0.2, -0.15) is 0 Å². The Morgan fingerprint density at radius 1 is 0.425 bits per heavy atom. The quantitative estimate of drug-likeness (QED) is 0.0323. The number of hydrogen-bond donors (Lipinski definition) is 4. The summed E-state index contributed by atoms with van der Waals surface area (Å²) in [5.41, 5.74) is 3.65. The fourth-order valence-corrected chi connectivity index (χ4v) is 15.3. The van der Waals surface area contributed by atoms with Crippen LogP contribution in [0.1, 0.15) is 198 Å². The SMILES string of the molecule is CCOC(=O)c1nnn(Cc2ccc(OC)cc2)c1OC1CCC(c2cc(OC(F)(F)F)ccc2Cl)CC1.COc1ccc(Cn2nnc(C(=O)O)c2OC2CCC(c3cc(OC(F)(F)F)ccc3Cl)CC2)cc1.O=C(O)c1[nH]nnc1OC1CCC(c2cc(OC(F)(F)F)ccc2Cl)CC1.OC1CCC(c2cc(OC(F)(F)F)ccc2Cl)CC1. The van der Waals surface area contributed by atoms with Crippen molar-refractivity contribution < 1.29 is 130 Å². The molecule has 4 aliphatic rings. The summed E-state index contributed by atoms with van der Waals surface area (Å²) in [5, 5.41) is 54.7. The fraction of sp³-hybridized carbons (Fsp3) is 0.430. The number of aromatic amines is 1. The number of benzene rings is 6. The molecule has 0 bridgehead atoms. The molecule has 3 heterocycles. The first-order chi connectivity index (χ1) is 56.9. The topological polar surface area (TPSA) is 307 Å². The molecule has 6 aromatic carbocycles. The monoisotopic (exact) mass is 1780 g/mol. The number of halogens is 16. The predicted molar refractivity (Wildman–Crippen MR) is 407 cm³/mol. The summed E-state index contributed by atoms with van der Waals surface area (Å²) in [7, 11) is 3.15. The van der Waals surface area contributed by atoms with Crippen LogP contribution in [0.25, 0.3) is 0 Å². The summed E-state index contributed by atoms with van der Waals surface area (Å²) < 4.78 is 202. The van der Waals surface area contributed by atoms with Gasteiger partial charge in [0, 0.05) is 20.1 Å². The van der Waals surface area contributed by atoms with Gasteiger partial charge in [0.1, 0.15) is 52.8 Å². The van der Waals surface area contributed by atoms with Gasteiger partial charge in [-0.3, -0.25) is 0 Å². The van der Waals surface area contributed by atoms with Gasteiger partial charge in [0.15, 0.2) is 0 Å². The van der Waals surface area contributed by atoms with E-state index in [9.17, 15) is 77.3 Å². The number of hydrogen-bond acceptors (Lipinski definition) is 20. The third-order valence-electron chi connectivity index (χ3n) is 19.9. The van der Waals surface area contributed by atoms with Crippen molar-refractivity contribution in [3.63, 3.8) is 0 Å². The van der Waals surface area contributed by atoms with Gasteiger partial charge >= 0.3 is 43.4 Å². The van der Waals surface area contributed by atoms with Gasteiger partial charge in [-0.1, -0.05) is 91.4 Å². The Labute approximate surface area is 697 Å². The lowest BCUT2D eigenvalue weighted by molar-refractivity contribution is -0.275. The minimum absolute atomic E-state index is 0.0115. The Hall–Kier alpha value is -10.4. The molecule has 648 valence electrons. The number of alkyl halides is 12. The zero-order valence-electron chi connectivity index (χ0n) is 63.9. The Balaban J connectivity index is 0.000000173. The summed E-state index contributed by atoms with van der Waals surface area (Å²) >= 11 is 24.8. The van der Waals surface area contributed by atoms with Crippen molar-refractivity contribution in [2.24, 2.45) is 0 Å². The molecule has 0 amide bonds. The maximum absolute atomic E-state index is 12.7. The molecule has 9 aromatic rings. The number of aliphatic hydroxyl groups excluding tert-OH is 1. The van der Waals surface area contributed by atoms with E-state index in [0.717, 1.165) is 24.0 Å². The molecule has 4 N–H and O–H groups in total. The second kappa shape index (κ2) is 41.3. The summed E-state index contributed by atoms with van der Waals surface area (Å²) in [6, 6.07) is 30.3. The largest absolute Gasteiger partial charge is 0.573 e. The minimum Gasteiger partial charge on any atom is -0.497 e. The van der Waals surface area contributed by atoms with E-state index in [4.69, 9.17) is 79.9 Å². The maximum atomic E-state index is 12.7. The number of H-pyrrole nitrogens is 1. The van der Waals surface area contributed by atoms with Crippen molar-refractivity contribution in [1.82, 2.24) is 45.4 Å². The average molecular weight is 1780 g/mol. The van der Waals surface area contributed by atoms with Crippen LogP contribution in [0.4, 0.5) is 52.7 Å². The predicted octanol–water partition coefficient (Wildman–Crippen LogP) is 20.3. The van der Waals surface area contributed by atoms with E-state index in [1.165, 1.54) is 82.2 Å². The third kappa shape index (κ3) is 27.1. The Morgan fingerprint density at radius 3 is 1.04 bits per heavy atom. The number of nitrogens with zero attached hydrogens (tertiary/aromatic N) is 8. The van der Waals surface area contributed by atoms with E-state index < -0.39 is 43.4 Å². The molecule has 0 spiro atoms. The van der Waals surface area contributed by atoms with Crippen LogP contribution >= 0.6 is 46.4 Å². The summed E-state index contributed by atoms with van der Waals surface area (Å²) in [6.07, 6.45) is -10.5. The van der Waals surface area contributed by atoms with Crippen molar-refractivity contribution in [2.75, 3.05) is 20.8 Å². The average Bonchev–Trinajstić information content (AvgIpc) is 1.65. The molecule has 0 radical (unpaired) electrons. The zero-order valence-corrected chi connectivity index (χ0v) is 66.9. The van der Waals surface area contributed by atoms with Crippen LogP contribution < -0.4 is 42.6 Å².